The molecule has 1 aromatic carbocycles. The van der Waals surface area contributed by atoms with Gasteiger partial charge in [-0.25, -0.2) is 8.42 Å². The van der Waals surface area contributed by atoms with E-state index in [0.717, 1.165) is 22.4 Å². The maximum absolute atomic E-state index is 12.7. The van der Waals surface area contributed by atoms with Crippen molar-refractivity contribution in [2.75, 3.05) is 6.54 Å². The smallest absolute Gasteiger partial charge is 0.218 e. The summed E-state index contributed by atoms with van der Waals surface area (Å²) in [5, 5.41) is 14.1. The van der Waals surface area contributed by atoms with Crippen molar-refractivity contribution in [3.63, 3.8) is 0 Å². The number of hydrogen-bond acceptors (Lipinski definition) is 7. The second-order valence-electron chi connectivity index (χ2n) is 7.04. The largest absolute Gasteiger partial charge is 0.360 e. The van der Waals surface area contributed by atoms with Gasteiger partial charge in [0.05, 0.1) is 22.8 Å². The third-order valence-corrected chi connectivity index (χ3v) is 6.58. The number of hydrogen-bond donors (Lipinski definition) is 2. The highest BCUT2D eigenvalue weighted by Gasteiger charge is 2.24. The molecule has 1 heterocycles. The maximum Gasteiger partial charge on any atom is 0.218 e. The second kappa shape index (κ2) is 7.97. The molecule has 0 radical (unpaired) electrons. The van der Waals surface area contributed by atoms with Gasteiger partial charge in [-0.1, -0.05) is 23.3 Å². The Hall–Kier alpha value is -3.31. The van der Waals surface area contributed by atoms with Crippen molar-refractivity contribution >= 4 is 15.6 Å². The molecule has 0 fully saturated rings. The van der Waals surface area contributed by atoms with E-state index >= 15 is 0 Å². The minimum Gasteiger partial charge on any atom is -0.360 e. The number of ketones is 1. The molecule has 7 nitrogen and oxygen atoms in total. The number of carbonyl (C=O) groups is 1. The molecule has 0 atom stereocenters. The summed E-state index contributed by atoms with van der Waals surface area (Å²) in [6.45, 7) is 6.14. The van der Waals surface area contributed by atoms with Crippen LogP contribution in [0.4, 0.5) is 0 Å². The number of sulfone groups is 1. The Labute approximate surface area is 170 Å². The van der Waals surface area contributed by atoms with Crippen molar-refractivity contribution in [1.82, 2.24) is 15.8 Å². The summed E-state index contributed by atoms with van der Waals surface area (Å²) in [7, 11) is -3.90. The second-order valence-corrected chi connectivity index (χ2v) is 8.96. The average molecular weight is 410 g/mol. The standard InChI is InChI=1S/C21H22N4O3S/c1-14-4-6-19(7-5-14)29(27,28)20(10-22)12-23-17-11-24-25(13-17)21-9-18(26)8-15(2)16(21)3/h4-7,9,11-12,23-24H,8,13H2,1-3H3. The van der Waals surface area contributed by atoms with E-state index in [-0.39, 0.29) is 15.6 Å². The van der Waals surface area contributed by atoms with Gasteiger partial charge in [0, 0.05) is 24.9 Å². The predicted molar refractivity (Wildman–Crippen MR) is 109 cm³/mol. The lowest BCUT2D eigenvalue weighted by Gasteiger charge is -2.26. The van der Waals surface area contributed by atoms with Crippen LogP contribution in [0.3, 0.4) is 0 Å². The fourth-order valence-corrected chi connectivity index (χ4v) is 4.12. The normalized spacial score (nSPS) is 17.5. The van der Waals surface area contributed by atoms with Crippen LogP contribution in [-0.2, 0) is 14.6 Å². The first-order chi connectivity index (χ1) is 13.7. The van der Waals surface area contributed by atoms with Crippen LogP contribution in [0.2, 0.25) is 0 Å². The quantitative estimate of drug-likeness (QED) is 0.719. The van der Waals surface area contributed by atoms with Gasteiger partial charge in [-0.3, -0.25) is 9.80 Å². The molecule has 0 unspecified atom stereocenters. The van der Waals surface area contributed by atoms with Crippen LogP contribution in [0.25, 0.3) is 0 Å². The fraction of sp³-hybridized carbons (Fsp3) is 0.238. The number of hydrazine groups is 1. The van der Waals surface area contributed by atoms with Crippen LogP contribution in [-0.4, -0.2) is 25.8 Å². The number of nitriles is 1. The Morgan fingerprint density at radius 2 is 1.93 bits per heavy atom. The Morgan fingerprint density at radius 3 is 2.59 bits per heavy atom. The van der Waals surface area contributed by atoms with E-state index in [1.807, 2.05) is 20.8 Å². The van der Waals surface area contributed by atoms with Crippen LogP contribution in [0.15, 0.2) is 75.1 Å². The van der Waals surface area contributed by atoms with Crippen molar-refractivity contribution in [2.24, 2.45) is 0 Å². The van der Waals surface area contributed by atoms with E-state index in [4.69, 9.17) is 0 Å². The summed E-state index contributed by atoms with van der Waals surface area (Å²) in [4.78, 5) is 11.6. The van der Waals surface area contributed by atoms with Crippen LogP contribution in [0.1, 0.15) is 25.8 Å². The molecule has 3 rings (SSSR count). The highest BCUT2D eigenvalue weighted by molar-refractivity contribution is 7.95. The summed E-state index contributed by atoms with van der Waals surface area (Å²) in [6, 6.07) is 8.10. The topological polar surface area (TPSA) is 102 Å². The first-order valence-electron chi connectivity index (χ1n) is 9.05. The van der Waals surface area contributed by atoms with E-state index < -0.39 is 9.84 Å². The van der Waals surface area contributed by atoms with Crippen molar-refractivity contribution in [2.45, 2.75) is 32.1 Å². The van der Waals surface area contributed by atoms with Gasteiger partial charge in [-0.2, -0.15) is 5.26 Å². The molecule has 2 N–H and O–H groups in total. The molecular formula is C21H22N4O3S. The Morgan fingerprint density at radius 1 is 1.24 bits per heavy atom. The number of rotatable bonds is 5. The zero-order valence-electron chi connectivity index (χ0n) is 16.5. The number of nitrogens with zero attached hydrogens (tertiary/aromatic N) is 2. The summed E-state index contributed by atoms with van der Waals surface area (Å²) in [6.07, 6.45) is 4.89. The average Bonchev–Trinajstić information content (AvgIpc) is 3.14. The van der Waals surface area contributed by atoms with Crippen LogP contribution in [0.5, 0.6) is 0 Å². The van der Waals surface area contributed by atoms with E-state index in [1.54, 1.807) is 35.5 Å². The van der Waals surface area contributed by atoms with Crippen LogP contribution < -0.4 is 10.7 Å². The van der Waals surface area contributed by atoms with Gasteiger partial charge in [-0.15, -0.1) is 0 Å². The number of nitrogens with one attached hydrogen (secondary N) is 2. The zero-order chi connectivity index (χ0) is 21.2. The Bertz CT molecular complexity index is 1120. The van der Waals surface area contributed by atoms with Gasteiger partial charge in [0.25, 0.3) is 0 Å². The summed E-state index contributed by atoms with van der Waals surface area (Å²) in [5.74, 6) is 0.0437. The number of carbonyl (C=O) groups excluding carboxylic acids is 1. The molecule has 1 aliphatic carbocycles. The zero-order valence-corrected chi connectivity index (χ0v) is 17.3. The van der Waals surface area contributed by atoms with Gasteiger partial charge in [-0.05, 0) is 38.5 Å². The lowest BCUT2D eigenvalue weighted by atomic mass is 9.96. The highest BCUT2D eigenvalue weighted by atomic mass is 32.2. The third-order valence-electron chi connectivity index (χ3n) is 4.90. The molecule has 0 bridgehead atoms. The van der Waals surface area contributed by atoms with Crippen molar-refractivity contribution in [1.29, 1.82) is 5.26 Å². The molecule has 1 aliphatic heterocycles. The van der Waals surface area contributed by atoms with Gasteiger partial charge < -0.3 is 10.7 Å². The fourth-order valence-electron chi connectivity index (χ4n) is 3.04. The third kappa shape index (κ3) is 4.25. The number of allylic oxidation sites excluding steroid dienone is 4. The molecule has 0 saturated carbocycles. The Balaban J connectivity index is 1.74. The van der Waals surface area contributed by atoms with Crippen molar-refractivity contribution in [3.05, 3.63) is 75.8 Å². The van der Waals surface area contributed by atoms with Gasteiger partial charge in [0.15, 0.2) is 10.7 Å². The Kier molecular flexibility index (Phi) is 5.62. The molecule has 0 amide bonds. The number of benzene rings is 1. The summed E-state index contributed by atoms with van der Waals surface area (Å²) in [5.41, 5.74) is 7.49. The van der Waals surface area contributed by atoms with E-state index in [0.29, 0.717) is 18.7 Å². The molecule has 0 aromatic heterocycles. The van der Waals surface area contributed by atoms with E-state index in [2.05, 4.69) is 10.7 Å². The first kappa shape index (κ1) is 20.4. The molecule has 150 valence electrons. The van der Waals surface area contributed by atoms with Gasteiger partial charge >= 0.3 is 0 Å². The predicted octanol–water partition coefficient (Wildman–Crippen LogP) is 2.58. The van der Waals surface area contributed by atoms with Crippen LogP contribution in [0, 0.1) is 18.3 Å². The first-order valence-corrected chi connectivity index (χ1v) is 10.5. The van der Waals surface area contributed by atoms with Crippen molar-refractivity contribution in [3.8, 4) is 6.07 Å². The maximum atomic E-state index is 12.7. The molecular weight excluding hydrogens is 388 g/mol. The van der Waals surface area contributed by atoms with Gasteiger partial charge in [0.1, 0.15) is 6.07 Å². The van der Waals surface area contributed by atoms with Gasteiger partial charge in [0.2, 0.25) is 9.84 Å². The molecule has 8 heteroatoms. The molecule has 0 saturated heterocycles. The lowest BCUT2D eigenvalue weighted by Crippen LogP contribution is -2.32. The summed E-state index contributed by atoms with van der Waals surface area (Å²) >= 11 is 0. The molecule has 0 spiro atoms. The van der Waals surface area contributed by atoms with E-state index in [1.165, 1.54) is 18.3 Å². The minimum atomic E-state index is -3.90. The minimum absolute atomic E-state index is 0.0437. The highest BCUT2D eigenvalue weighted by Crippen LogP contribution is 2.26. The SMILES string of the molecule is CC1=C(C)C(N2CC(NC=C(C#N)S(=O)(=O)c3ccc(C)cc3)=CN2)=CC(=O)C1. The summed E-state index contributed by atoms with van der Waals surface area (Å²) < 4.78 is 25.4. The lowest BCUT2D eigenvalue weighted by molar-refractivity contribution is -0.114. The molecule has 29 heavy (non-hydrogen) atoms. The molecule has 1 aromatic rings. The van der Waals surface area contributed by atoms with Crippen LogP contribution >= 0.6 is 0 Å². The number of aryl methyl sites for hydroxylation is 1. The monoisotopic (exact) mass is 410 g/mol. The van der Waals surface area contributed by atoms with Crippen molar-refractivity contribution < 1.29 is 13.2 Å². The molecule has 2 aliphatic rings. The van der Waals surface area contributed by atoms with E-state index in [9.17, 15) is 18.5 Å².